The van der Waals surface area contributed by atoms with Gasteiger partial charge in [0.2, 0.25) is 0 Å². The second-order valence-electron chi connectivity index (χ2n) is 4.11. The van der Waals surface area contributed by atoms with Crippen molar-refractivity contribution in [1.82, 2.24) is 14.8 Å². The van der Waals surface area contributed by atoms with Crippen LogP contribution in [0.5, 0.6) is 0 Å². The summed E-state index contributed by atoms with van der Waals surface area (Å²) in [7, 11) is 1.62. The predicted octanol–water partition coefficient (Wildman–Crippen LogP) is 2.79. The number of carbonyl (C=O) groups is 2. The minimum atomic E-state index is -0.774. The standard InChI is InChI=1S/C12H9Br2ClN4O3/c1-19-4-8(15)10(18-19)12(21)22-5-9(20)17-11-7(14)2-6(13)3-16-11/h2-4H,5H2,1H3,(H,16,17,20). The minimum Gasteiger partial charge on any atom is -0.451 e. The van der Waals surface area contributed by atoms with E-state index in [2.05, 4.69) is 47.3 Å². The molecule has 0 aromatic carbocycles. The Morgan fingerprint density at radius 1 is 1.45 bits per heavy atom. The summed E-state index contributed by atoms with van der Waals surface area (Å²) in [5, 5.41) is 6.52. The summed E-state index contributed by atoms with van der Waals surface area (Å²) in [5.41, 5.74) is -0.0417. The number of nitrogens with zero attached hydrogens (tertiary/aromatic N) is 3. The van der Waals surface area contributed by atoms with Crippen molar-refractivity contribution in [1.29, 1.82) is 0 Å². The van der Waals surface area contributed by atoms with Crippen LogP contribution in [-0.4, -0.2) is 33.2 Å². The number of anilines is 1. The number of esters is 1. The van der Waals surface area contributed by atoms with Gasteiger partial charge in [0.1, 0.15) is 5.82 Å². The maximum Gasteiger partial charge on any atom is 0.360 e. The van der Waals surface area contributed by atoms with Crippen LogP contribution < -0.4 is 5.32 Å². The number of aromatic nitrogens is 3. The van der Waals surface area contributed by atoms with E-state index in [9.17, 15) is 9.59 Å². The summed E-state index contributed by atoms with van der Waals surface area (Å²) in [5.74, 6) is -0.986. The highest BCUT2D eigenvalue weighted by atomic mass is 79.9. The van der Waals surface area contributed by atoms with Gasteiger partial charge < -0.3 is 10.1 Å². The number of hydrogen-bond acceptors (Lipinski definition) is 5. The summed E-state index contributed by atoms with van der Waals surface area (Å²) < 4.78 is 7.58. The Hall–Kier alpha value is -1.45. The fraction of sp³-hybridized carbons (Fsp3) is 0.167. The summed E-state index contributed by atoms with van der Waals surface area (Å²) >= 11 is 12.3. The largest absolute Gasteiger partial charge is 0.451 e. The molecule has 2 rings (SSSR count). The highest BCUT2D eigenvalue weighted by Gasteiger charge is 2.18. The lowest BCUT2D eigenvalue weighted by molar-refractivity contribution is -0.119. The lowest BCUT2D eigenvalue weighted by Gasteiger charge is -2.07. The SMILES string of the molecule is Cn1cc(Cl)c(C(=O)OCC(=O)Nc2ncc(Br)cc2Br)n1. The third-order valence-corrected chi connectivity index (χ3v) is 3.69. The Kier molecular flexibility index (Phi) is 5.54. The molecule has 22 heavy (non-hydrogen) atoms. The van der Waals surface area contributed by atoms with E-state index in [-0.39, 0.29) is 10.7 Å². The number of aryl methyl sites for hydroxylation is 1. The van der Waals surface area contributed by atoms with E-state index in [4.69, 9.17) is 16.3 Å². The number of carbonyl (C=O) groups excluding carboxylic acids is 2. The van der Waals surface area contributed by atoms with Gasteiger partial charge in [0.15, 0.2) is 12.3 Å². The van der Waals surface area contributed by atoms with Gasteiger partial charge in [-0.25, -0.2) is 9.78 Å². The molecule has 2 aromatic rings. The van der Waals surface area contributed by atoms with Crippen molar-refractivity contribution < 1.29 is 14.3 Å². The van der Waals surface area contributed by atoms with Crippen LogP contribution in [0, 0.1) is 0 Å². The molecule has 0 unspecified atom stereocenters. The molecule has 0 aliphatic heterocycles. The van der Waals surface area contributed by atoms with Gasteiger partial charge in [-0.05, 0) is 37.9 Å². The number of amides is 1. The van der Waals surface area contributed by atoms with Crippen LogP contribution in [0.3, 0.4) is 0 Å². The monoisotopic (exact) mass is 450 g/mol. The Morgan fingerprint density at radius 3 is 2.77 bits per heavy atom. The Balaban J connectivity index is 1.92. The third-order valence-electron chi connectivity index (χ3n) is 2.38. The average Bonchev–Trinajstić information content (AvgIpc) is 2.78. The van der Waals surface area contributed by atoms with E-state index in [1.165, 1.54) is 17.1 Å². The zero-order valence-corrected chi connectivity index (χ0v) is 15.1. The van der Waals surface area contributed by atoms with E-state index in [0.29, 0.717) is 10.3 Å². The smallest absolute Gasteiger partial charge is 0.360 e. The number of halogens is 3. The van der Waals surface area contributed by atoms with Crippen molar-refractivity contribution in [3.8, 4) is 0 Å². The number of rotatable bonds is 4. The molecule has 0 atom stereocenters. The minimum absolute atomic E-state index is 0.0417. The zero-order valence-electron chi connectivity index (χ0n) is 11.1. The zero-order chi connectivity index (χ0) is 16.3. The van der Waals surface area contributed by atoms with Crippen molar-refractivity contribution in [2.45, 2.75) is 0 Å². The molecule has 0 fully saturated rings. The predicted molar refractivity (Wildman–Crippen MR) is 86.8 cm³/mol. The molecule has 0 saturated carbocycles. The van der Waals surface area contributed by atoms with Gasteiger partial charge in [0, 0.05) is 23.9 Å². The molecule has 10 heteroatoms. The Labute approximate surface area is 147 Å². The van der Waals surface area contributed by atoms with Crippen molar-refractivity contribution in [3.05, 3.63) is 38.1 Å². The molecule has 1 N–H and O–H groups in total. The lowest BCUT2D eigenvalue weighted by atomic mass is 10.4. The molecule has 0 saturated heterocycles. The van der Waals surface area contributed by atoms with Crippen LogP contribution >= 0.6 is 43.5 Å². The highest BCUT2D eigenvalue weighted by Crippen LogP contribution is 2.23. The van der Waals surface area contributed by atoms with E-state index < -0.39 is 18.5 Å². The molecule has 0 bridgehead atoms. The number of hydrogen-bond donors (Lipinski definition) is 1. The third kappa shape index (κ3) is 4.28. The van der Waals surface area contributed by atoms with Crippen molar-refractivity contribution in [2.75, 3.05) is 11.9 Å². The maximum atomic E-state index is 11.8. The number of ether oxygens (including phenoxy) is 1. The summed E-state index contributed by atoms with van der Waals surface area (Å²) in [6.07, 6.45) is 2.99. The van der Waals surface area contributed by atoms with Crippen LogP contribution in [0.2, 0.25) is 5.02 Å². The second kappa shape index (κ2) is 7.21. The fourth-order valence-corrected chi connectivity index (χ4v) is 2.81. The van der Waals surface area contributed by atoms with Crippen LogP contribution in [0.25, 0.3) is 0 Å². The average molecular weight is 452 g/mol. The summed E-state index contributed by atoms with van der Waals surface area (Å²) in [4.78, 5) is 27.5. The van der Waals surface area contributed by atoms with Crippen LogP contribution in [-0.2, 0) is 16.6 Å². The molecule has 2 heterocycles. The van der Waals surface area contributed by atoms with E-state index >= 15 is 0 Å². The Morgan fingerprint density at radius 2 is 2.18 bits per heavy atom. The number of nitrogens with one attached hydrogen (secondary N) is 1. The van der Waals surface area contributed by atoms with Crippen molar-refractivity contribution in [2.24, 2.45) is 7.05 Å². The number of pyridine rings is 1. The normalized spacial score (nSPS) is 10.4. The van der Waals surface area contributed by atoms with E-state index in [1.807, 2.05) is 0 Å². The van der Waals surface area contributed by atoms with Crippen molar-refractivity contribution in [3.63, 3.8) is 0 Å². The maximum absolute atomic E-state index is 11.8. The lowest BCUT2D eigenvalue weighted by Crippen LogP contribution is -2.22. The highest BCUT2D eigenvalue weighted by molar-refractivity contribution is 9.11. The molecule has 0 aliphatic carbocycles. The molecular weight excluding hydrogens is 443 g/mol. The molecule has 116 valence electrons. The molecule has 2 aromatic heterocycles. The van der Waals surface area contributed by atoms with Gasteiger partial charge in [-0.3, -0.25) is 9.48 Å². The van der Waals surface area contributed by atoms with Gasteiger partial charge in [-0.2, -0.15) is 5.10 Å². The first-order chi connectivity index (χ1) is 10.4. The first-order valence-corrected chi connectivity index (χ1v) is 7.80. The van der Waals surface area contributed by atoms with Crippen LogP contribution in [0.15, 0.2) is 27.4 Å². The molecule has 0 radical (unpaired) electrons. The Bertz CT molecular complexity index is 735. The molecule has 7 nitrogen and oxygen atoms in total. The second-order valence-corrected chi connectivity index (χ2v) is 6.28. The van der Waals surface area contributed by atoms with Gasteiger partial charge in [0.05, 0.1) is 9.50 Å². The topological polar surface area (TPSA) is 86.1 Å². The van der Waals surface area contributed by atoms with E-state index in [1.54, 1.807) is 13.1 Å². The van der Waals surface area contributed by atoms with Gasteiger partial charge in [-0.15, -0.1) is 0 Å². The van der Waals surface area contributed by atoms with Crippen LogP contribution in [0.4, 0.5) is 5.82 Å². The van der Waals surface area contributed by atoms with Gasteiger partial charge >= 0.3 is 5.97 Å². The molecule has 0 aliphatic rings. The van der Waals surface area contributed by atoms with Crippen molar-refractivity contribution >= 4 is 61.2 Å². The van der Waals surface area contributed by atoms with E-state index in [0.717, 1.165) is 4.47 Å². The summed E-state index contributed by atoms with van der Waals surface area (Å²) in [6.45, 7) is -0.476. The first-order valence-electron chi connectivity index (χ1n) is 5.84. The van der Waals surface area contributed by atoms with Crippen LogP contribution in [0.1, 0.15) is 10.5 Å². The molecule has 1 amide bonds. The fourth-order valence-electron chi connectivity index (χ4n) is 1.47. The first kappa shape index (κ1) is 16.9. The van der Waals surface area contributed by atoms with Gasteiger partial charge in [-0.1, -0.05) is 11.6 Å². The molecular formula is C12H9Br2ClN4O3. The summed E-state index contributed by atoms with van der Waals surface area (Å²) in [6, 6.07) is 1.72. The quantitative estimate of drug-likeness (QED) is 0.721. The molecule has 0 spiro atoms. The van der Waals surface area contributed by atoms with Gasteiger partial charge in [0.25, 0.3) is 5.91 Å².